The molecule has 3 aromatic rings. The first kappa shape index (κ1) is 23.9. The Hall–Kier alpha value is -2.87. The van der Waals surface area contributed by atoms with E-state index in [2.05, 4.69) is 41.0 Å². The highest BCUT2D eigenvalue weighted by Gasteiger charge is 2.25. The number of rotatable bonds is 6. The van der Waals surface area contributed by atoms with Gasteiger partial charge in [-0.25, -0.2) is 9.50 Å². The number of hydrogen-bond acceptors (Lipinski definition) is 6. The van der Waals surface area contributed by atoms with Gasteiger partial charge in [-0.05, 0) is 65.8 Å². The van der Waals surface area contributed by atoms with Gasteiger partial charge < -0.3 is 19.5 Å². The fraction of sp³-hybridized carbons (Fsp3) is 0.593. The standard InChI is InChI=1S/C27H38N6O2/c1-5-35-23-17-21(32-15-13-20(14-16-32)31(3)4)11-12-22(23)26-29-27(34)25-24(19-9-7-6-8-10-19)28-18(2)33(25)30-26/h11-12,17,19-20H,5-10,13-16H2,1-4H3,(H,29,30,34). The van der Waals surface area contributed by atoms with Gasteiger partial charge in [-0.1, -0.05) is 19.3 Å². The molecule has 1 aliphatic heterocycles. The van der Waals surface area contributed by atoms with E-state index in [0.717, 1.165) is 67.3 Å². The maximum atomic E-state index is 13.3. The van der Waals surface area contributed by atoms with Gasteiger partial charge in [0.1, 0.15) is 11.6 Å². The Kier molecular flexibility index (Phi) is 6.82. The van der Waals surface area contributed by atoms with E-state index in [9.17, 15) is 4.79 Å². The molecule has 0 unspecified atom stereocenters. The van der Waals surface area contributed by atoms with Gasteiger partial charge in [0.15, 0.2) is 11.3 Å². The zero-order valence-electron chi connectivity index (χ0n) is 21.5. The molecule has 0 atom stereocenters. The normalized spacial score (nSPS) is 18.0. The van der Waals surface area contributed by atoms with E-state index in [1.807, 2.05) is 19.9 Å². The second kappa shape index (κ2) is 10.0. The van der Waals surface area contributed by atoms with Gasteiger partial charge in [-0.2, -0.15) is 0 Å². The topological polar surface area (TPSA) is 78.8 Å². The van der Waals surface area contributed by atoms with Crippen molar-refractivity contribution in [2.24, 2.45) is 0 Å². The van der Waals surface area contributed by atoms with Gasteiger partial charge in [0.05, 0.1) is 17.9 Å². The van der Waals surface area contributed by atoms with Crippen LogP contribution in [-0.2, 0) is 0 Å². The zero-order chi connectivity index (χ0) is 24.5. The van der Waals surface area contributed by atoms with Crippen LogP contribution in [0.2, 0.25) is 0 Å². The molecular formula is C27H38N6O2. The number of aromatic amines is 1. The average molecular weight is 479 g/mol. The number of hydrogen-bond donors (Lipinski definition) is 1. The molecule has 0 radical (unpaired) electrons. The molecule has 2 aromatic heterocycles. The quantitative estimate of drug-likeness (QED) is 0.567. The van der Waals surface area contributed by atoms with Crippen LogP contribution in [-0.4, -0.2) is 64.3 Å². The molecule has 2 fully saturated rings. The first-order valence-electron chi connectivity index (χ1n) is 13.1. The molecule has 188 valence electrons. The fourth-order valence-electron chi connectivity index (χ4n) is 5.77. The molecule has 0 spiro atoms. The minimum atomic E-state index is -0.131. The molecule has 1 aromatic carbocycles. The number of nitrogens with one attached hydrogen (secondary N) is 1. The fourth-order valence-corrected chi connectivity index (χ4v) is 5.77. The number of H-pyrrole nitrogens is 1. The number of aryl methyl sites for hydroxylation is 1. The first-order valence-corrected chi connectivity index (χ1v) is 13.1. The van der Waals surface area contributed by atoms with E-state index in [1.165, 1.54) is 19.3 Å². The maximum Gasteiger partial charge on any atom is 0.277 e. The van der Waals surface area contributed by atoms with Gasteiger partial charge in [0, 0.05) is 36.8 Å². The Labute approximate surface area is 207 Å². The smallest absolute Gasteiger partial charge is 0.277 e. The first-order chi connectivity index (χ1) is 17.0. The number of ether oxygens (including phenoxy) is 1. The van der Waals surface area contributed by atoms with Crippen molar-refractivity contribution >= 4 is 11.2 Å². The molecule has 1 N–H and O–H groups in total. The Bertz CT molecular complexity index is 1230. The molecule has 35 heavy (non-hydrogen) atoms. The van der Waals surface area contributed by atoms with Crippen LogP contribution >= 0.6 is 0 Å². The van der Waals surface area contributed by atoms with Crippen LogP contribution in [0, 0.1) is 6.92 Å². The summed E-state index contributed by atoms with van der Waals surface area (Å²) in [7, 11) is 4.32. The number of benzene rings is 1. The molecule has 0 bridgehead atoms. The van der Waals surface area contributed by atoms with Crippen molar-refractivity contribution in [1.29, 1.82) is 0 Å². The molecule has 3 heterocycles. The van der Waals surface area contributed by atoms with Crippen LogP contribution in [0.4, 0.5) is 5.69 Å². The predicted octanol–water partition coefficient (Wildman–Crippen LogP) is 4.37. The van der Waals surface area contributed by atoms with E-state index in [-0.39, 0.29) is 5.56 Å². The Morgan fingerprint density at radius 1 is 1.11 bits per heavy atom. The second-order valence-corrected chi connectivity index (χ2v) is 10.2. The second-order valence-electron chi connectivity index (χ2n) is 10.2. The van der Waals surface area contributed by atoms with E-state index in [1.54, 1.807) is 4.52 Å². The van der Waals surface area contributed by atoms with Crippen LogP contribution in [0.25, 0.3) is 16.9 Å². The van der Waals surface area contributed by atoms with Crippen LogP contribution in [0.5, 0.6) is 5.75 Å². The van der Waals surface area contributed by atoms with Crippen molar-refractivity contribution in [3.05, 3.63) is 40.1 Å². The van der Waals surface area contributed by atoms with E-state index < -0.39 is 0 Å². The summed E-state index contributed by atoms with van der Waals surface area (Å²) in [5.74, 6) is 2.36. The van der Waals surface area contributed by atoms with Crippen molar-refractivity contribution in [3.63, 3.8) is 0 Å². The Morgan fingerprint density at radius 3 is 2.54 bits per heavy atom. The van der Waals surface area contributed by atoms with Crippen molar-refractivity contribution in [3.8, 4) is 17.1 Å². The predicted molar refractivity (Wildman–Crippen MR) is 140 cm³/mol. The summed E-state index contributed by atoms with van der Waals surface area (Å²) in [6.07, 6.45) is 8.14. The largest absolute Gasteiger partial charge is 0.493 e. The van der Waals surface area contributed by atoms with Crippen LogP contribution < -0.4 is 15.2 Å². The lowest BCUT2D eigenvalue weighted by molar-refractivity contribution is 0.249. The summed E-state index contributed by atoms with van der Waals surface area (Å²) < 4.78 is 7.77. The minimum absolute atomic E-state index is 0.131. The summed E-state index contributed by atoms with van der Waals surface area (Å²) >= 11 is 0. The number of nitrogens with zero attached hydrogens (tertiary/aromatic N) is 5. The average Bonchev–Trinajstić information content (AvgIpc) is 3.21. The molecule has 8 nitrogen and oxygen atoms in total. The van der Waals surface area contributed by atoms with Crippen molar-refractivity contribution in [2.45, 2.75) is 70.8 Å². The lowest BCUT2D eigenvalue weighted by atomic mass is 9.87. The highest BCUT2D eigenvalue weighted by Crippen LogP contribution is 2.35. The highest BCUT2D eigenvalue weighted by molar-refractivity contribution is 5.70. The maximum absolute atomic E-state index is 13.3. The number of fused-ring (bicyclic) bond motifs is 1. The zero-order valence-corrected chi connectivity index (χ0v) is 21.5. The van der Waals surface area contributed by atoms with Gasteiger partial charge in [-0.15, -0.1) is 5.10 Å². The minimum Gasteiger partial charge on any atom is -0.493 e. The van der Waals surface area contributed by atoms with Crippen molar-refractivity contribution in [2.75, 3.05) is 38.7 Å². The van der Waals surface area contributed by atoms with Crippen LogP contribution in [0.15, 0.2) is 23.0 Å². The molecule has 1 saturated heterocycles. The molecule has 1 saturated carbocycles. The van der Waals surface area contributed by atoms with E-state index in [0.29, 0.717) is 29.9 Å². The third-order valence-electron chi connectivity index (χ3n) is 7.76. The van der Waals surface area contributed by atoms with Crippen molar-refractivity contribution < 1.29 is 4.74 Å². The molecule has 5 rings (SSSR count). The number of piperidine rings is 1. The van der Waals surface area contributed by atoms with Crippen LogP contribution in [0.1, 0.15) is 69.3 Å². The molecule has 1 aliphatic carbocycles. The van der Waals surface area contributed by atoms with Gasteiger partial charge >= 0.3 is 0 Å². The molecule has 2 aliphatic rings. The number of imidazole rings is 1. The number of aromatic nitrogens is 4. The summed E-state index contributed by atoms with van der Waals surface area (Å²) in [5, 5.41) is 4.84. The van der Waals surface area contributed by atoms with E-state index in [4.69, 9.17) is 14.8 Å². The SMILES string of the molecule is CCOc1cc(N2CCC(N(C)C)CC2)ccc1-c1nn2c(C)nc(C3CCCCC3)c2c(=O)[nH]1. The summed E-state index contributed by atoms with van der Waals surface area (Å²) in [6, 6.07) is 6.87. The lowest BCUT2D eigenvalue weighted by Gasteiger charge is -2.36. The van der Waals surface area contributed by atoms with Crippen molar-refractivity contribution in [1.82, 2.24) is 24.5 Å². The Balaban J connectivity index is 1.49. The molecular weight excluding hydrogens is 440 g/mol. The summed E-state index contributed by atoms with van der Waals surface area (Å²) in [5.41, 5.74) is 3.32. The lowest BCUT2D eigenvalue weighted by Crippen LogP contribution is -2.41. The van der Waals surface area contributed by atoms with Gasteiger partial charge in [0.2, 0.25) is 0 Å². The molecule has 0 amide bonds. The summed E-state index contributed by atoms with van der Waals surface area (Å²) in [6.45, 7) is 6.50. The summed E-state index contributed by atoms with van der Waals surface area (Å²) in [4.78, 5) is 25.9. The van der Waals surface area contributed by atoms with Gasteiger partial charge in [-0.3, -0.25) is 4.79 Å². The molecule has 8 heteroatoms. The van der Waals surface area contributed by atoms with Gasteiger partial charge in [0.25, 0.3) is 5.56 Å². The Morgan fingerprint density at radius 2 is 1.86 bits per heavy atom. The monoisotopic (exact) mass is 478 g/mol. The van der Waals surface area contributed by atoms with Crippen LogP contribution in [0.3, 0.4) is 0 Å². The number of anilines is 1. The highest BCUT2D eigenvalue weighted by atomic mass is 16.5. The third kappa shape index (κ3) is 4.68. The third-order valence-corrected chi connectivity index (χ3v) is 7.76. The van der Waals surface area contributed by atoms with E-state index >= 15 is 0 Å².